The molecule has 0 aliphatic carbocycles. The van der Waals surface area contributed by atoms with E-state index < -0.39 is 0 Å². The fourth-order valence-electron chi connectivity index (χ4n) is 3.59. The lowest BCUT2D eigenvalue weighted by Crippen LogP contribution is -2.44. The van der Waals surface area contributed by atoms with Gasteiger partial charge in [-0.25, -0.2) is 0 Å². The molecule has 2 heterocycles. The van der Waals surface area contributed by atoms with Gasteiger partial charge in [0.05, 0.1) is 6.04 Å². The molecule has 1 aromatic heterocycles. The van der Waals surface area contributed by atoms with Crippen LogP contribution in [0.2, 0.25) is 0 Å². The van der Waals surface area contributed by atoms with Crippen LogP contribution in [0.3, 0.4) is 0 Å². The van der Waals surface area contributed by atoms with Crippen molar-refractivity contribution in [2.45, 2.75) is 55.5 Å². The van der Waals surface area contributed by atoms with Crippen molar-refractivity contribution < 1.29 is 9.59 Å². The molecule has 2 unspecified atom stereocenters. The average molecular weight is 403 g/mol. The lowest BCUT2D eigenvalue weighted by atomic mass is 9.85. The molecule has 1 aromatic carbocycles. The summed E-state index contributed by atoms with van der Waals surface area (Å²) in [7, 11) is 0. The lowest BCUT2D eigenvalue weighted by molar-refractivity contribution is -0.123. The smallest absolute Gasteiger partial charge is 0.220 e. The summed E-state index contributed by atoms with van der Waals surface area (Å²) >= 11 is 3.36. The molecule has 1 aliphatic heterocycles. The Bertz CT molecular complexity index is 774. The maximum atomic E-state index is 12.4. The van der Waals surface area contributed by atoms with E-state index in [2.05, 4.69) is 41.2 Å². The minimum atomic E-state index is -0.318. The van der Waals surface area contributed by atoms with E-state index in [0.717, 1.165) is 17.7 Å². The van der Waals surface area contributed by atoms with Gasteiger partial charge in [-0.2, -0.15) is 0 Å². The van der Waals surface area contributed by atoms with Crippen LogP contribution in [0, 0.1) is 0 Å². The Morgan fingerprint density at radius 3 is 2.70 bits per heavy atom. The fraction of sp³-hybridized carbons (Fsp3) is 0.429. The molecule has 0 radical (unpaired) electrons. The van der Waals surface area contributed by atoms with Gasteiger partial charge in [0.15, 0.2) is 0 Å². The van der Waals surface area contributed by atoms with Crippen LogP contribution >= 0.6 is 23.1 Å². The molecule has 2 aromatic rings. The zero-order chi connectivity index (χ0) is 19.3. The van der Waals surface area contributed by atoms with Gasteiger partial charge in [0.25, 0.3) is 0 Å². The summed E-state index contributed by atoms with van der Waals surface area (Å²) in [6, 6.07) is 12.5. The number of carbonyl (C=O) groups is 2. The molecule has 1 aliphatic rings. The van der Waals surface area contributed by atoms with Gasteiger partial charge in [0.1, 0.15) is 0 Å². The third kappa shape index (κ3) is 5.36. The number of carbonyl (C=O) groups excluding carboxylic acids is 2. The van der Waals surface area contributed by atoms with Crippen LogP contribution in [0.1, 0.15) is 49.1 Å². The number of rotatable bonds is 8. The molecule has 2 amide bonds. The molecule has 2 N–H and O–H groups in total. The minimum absolute atomic E-state index is 0.0192. The first-order valence-electron chi connectivity index (χ1n) is 9.26. The molecule has 27 heavy (non-hydrogen) atoms. The largest absolute Gasteiger partial charge is 0.350 e. The van der Waals surface area contributed by atoms with Crippen molar-refractivity contribution in [3.63, 3.8) is 0 Å². The monoisotopic (exact) mass is 402 g/mol. The van der Waals surface area contributed by atoms with E-state index >= 15 is 0 Å². The predicted molar refractivity (Wildman–Crippen MR) is 112 cm³/mol. The van der Waals surface area contributed by atoms with Gasteiger partial charge in [0, 0.05) is 28.2 Å². The van der Waals surface area contributed by atoms with E-state index in [1.54, 1.807) is 23.1 Å². The number of benzene rings is 1. The second-order valence-corrected chi connectivity index (χ2v) is 9.02. The molecule has 6 heteroatoms. The van der Waals surface area contributed by atoms with Crippen LogP contribution in [0.5, 0.6) is 0 Å². The fourth-order valence-corrected chi connectivity index (χ4v) is 4.73. The molecule has 3 rings (SSSR count). The molecule has 0 spiro atoms. The average Bonchev–Trinajstić information content (AvgIpc) is 3.31. The van der Waals surface area contributed by atoms with Crippen molar-refractivity contribution >= 4 is 34.9 Å². The molecule has 1 fully saturated rings. The third-order valence-corrected chi connectivity index (χ3v) is 6.91. The van der Waals surface area contributed by atoms with Crippen LogP contribution in [0.25, 0.3) is 0 Å². The van der Waals surface area contributed by atoms with Crippen LogP contribution in [0.15, 0.2) is 46.7 Å². The van der Waals surface area contributed by atoms with Gasteiger partial charge in [0.2, 0.25) is 11.8 Å². The minimum Gasteiger partial charge on any atom is -0.350 e. The maximum absolute atomic E-state index is 12.4. The summed E-state index contributed by atoms with van der Waals surface area (Å²) in [6.45, 7) is 2.00. The number of hydrogen-bond donors (Lipinski definition) is 2. The Morgan fingerprint density at radius 1 is 1.33 bits per heavy atom. The van der Waals surface area contributed by atoms with E-state index in [4.69, 9.17) is 0 Å². The standard InChI is InChI=1S/C21H26N2O2S2/c1-15(18-4-3-13-27-18)22-19(24)9-11-21(12-10-20(25)23-21)14-16-5-7-17(26-2)8-6-16/h3-8,13,15H,9-12,14H2,1-2H3,(H,22,24)(H,23,25). The van der Waals surface area contributed by atoms with E-state index in [9.17, 15) is 9.59 Å². The summed E-state index contributed by atoms with van der Waals surface area (Å²) in [5, 5.41) is 8.25. The molecule has 0 saturated carbocycles. The van der Waals surface area contributed by atoms with Gasteiger partial charge in [-0.15, -0.1) is 23.1 Å². The lowest BCUT2D eigenvalue weighted by Gasteiger charge is -2.29. The molecule has 0 bridgehead atoms. The maximum Gasteiger partial charge on any atom is 0.220 e. The molecule has 2 atom stereocenters. The highest BCUT2D eigenvalue weighted by Gasteiger charge is 2.37. The second-order valence-electron chi connectivity index (χ2n) is 7.16. The Labute approximate surface area is 169 Å². The number of nitrogens with one attached hydrogen (secondary N) is 2. The van der Waals surface area contributed by atoms with Crippen molar-refractivity contribution in [3.05, 3.63) is 52.2 Å². The van der Waals surface area contributed by atoms with Crippen LogP contribution in [0.4, 0.5) is 0 Å². The summed E-state index contributed by atoms with van der Waals surface area (Å²) in [5.41, 5.74) is 0.879. The number of amides is 2. The van der Waals surface area contributed by atoms with Crippen molar-refractivity contribution in [1.82, 2.24) is 10.6 Å². The Morgan fingerprint density at radius 2 is 2.11 bits per heavy atom. The van der Waals surface area contributed by atoms with E-state index in [0.29, 0.717) is 19.3 Å². The first-order valence-corrected chi connectivity index (χ1v) is 11.4. The first kappa shape index (κ1) is 20.0. The highest BCUT2D eigenvalue weighted by molar-refractivity contribution is 7.98. The van der Waals surface area contributed by atoms with E-state index in [-0.39, 0.29) is 23.4 Å². The van der Waals surface area contributed by atoms with Crippen molar-refractivity contribution in [2.24, 2.45) is 0 Å². The number of hydrogen-bond acceptors (Lipinski definition) is 4. The van der Waals surface area contributed by atoms with Crippen LogP contribution < -0.4 is 10.6 Å². The highest BCUT2D eigenvalue weighted by atomic mass is 32.2. The van der Waals surface area contributed by atoms with Crippen molar-refractivity contribution in [2.75, 3.05) is 6.26 Å². The van der Waals surface area contributed by atoms with Crippen molar-refractivity contribution in [3.8, 4) is 0 Å². The van der Waals surface area contributed by atoms with Crippen molar-refractivity contribution in [1.29, 1.82) is 0 Å². The van der Waals surface area contributed by atoms with Crippen LogP contribution in [-0.2, 0) is 16.0 Å². The molecule has 4 nitrogen and oxygen atoms in total. The summed E-state index contributed by atoms with van der Waals surface area (Å²) in [6.07, 6.45) is 5.22. The van der Waals surface area contributed by atoms with Gasteiger partial charge < -0.3 is 10.6 Å². The Hall–Kier alpha value is -1.79. The second kappa shape index (κ2) is 8.93. The van der Waals surface area contributed by atoms with E-state index in [1.165, 1.54) is 10.5 Å². The van der Waals surface area contributed by atoms with Gasteiger partial charge in [-0.1, -0.05) is 18.2 Å². The quantitative estimate of drug-likeness (QED) is 0.647. The molecular weight excluding hydrogens is 376 g/mol. The highest BCUT2D eigenvalue weighted by Crippen LogP contribution is 2.30. The predicted octanol–water partition coefficient (Wildman–Crippen LogP) is 4.32. The topological polar surface area (TPSA) is 58.2 Å². The van der Waals surface area contributed by atoms with Crippen LogP contribution in [-0.4, -0.2) is 23.6 Å². The molecule has 1 saturated heterocycles. The van der Waals surface area contributed by atoms with Gasteiger partial charge in [-0.3, -0.25) is 9.59 Å². The Kier molecular flexibility index (Phi) is 6.60. The molecule has 144 valence electrons. The zero-order valence-corrected chi connectivity index (χ0v) is 17.4. The van der Waals surface area contributed by atoms with Gasteiger partial charge in [-0.05, 0) is 61.6 Å². The van der Waals surface area contributed by atoms with E-state index in [1.807, 2.05) is 24.4 Å². The summed E-state index contributed by atoms with van der Waals surface area (Å²) in [4.78, 5) is 26.7. The normalized spacial score (nSPS) is 20.3. The van der Waals surface area contributed by atoms with Gasteiger partial charge >= 0.3 is 0 Å². The first-order chi connectivity index (χ1) is 13.0. The Balaban J connectivity index is 1.60. The summed E-state index contributed by atoms with van der Waals surface area (Å²) in [5.74, 6) is 0.122. The SMILES string of the molecule is CSc1ccc(CC2(CCC(=O)NC(C)c3cccs3)CCC(=O)N2)cc1. The molecular formula is C21H26N2O2S2. The number of thioether (sulfide) groups is 1. The third-order valence-electron chi connectivity index (χ3n) is 5.11. The summed E-state index contributed by atoms with van der Waals surface area (Å²) < 4.78 is 0. The number of thiophene rings is 1. The zero-order valence-electron chi connectivity index (χ0n) is 15.8.